The van der Waals surface area contributed by atoms with Gasteiger partial charge in [0.25, 0.3) is 0 Å². The summed E-state index contributed by atoms with van der Waals surface area (Å²) in [6.07, 6.45) is 7.63. The molecule has 10 heteroatoms. The van der Waals surface area contributed by atoms with Gasteiger partial charge in [0.05, 0.1) is 18.7 Å². The Morgan fingerprint density at radius 3 is 2.81 bits per heavy atom. The zero-order valence-electron chi connectivity index (χ0n) is 20.8. The number of hydrogen-bond donors (Lipinski definition) is 3. The van der Waals surface area contributed by atoms with Gasteiger partial charge in [-0.15, -0.1) is 0 Å². The molecule has 3 aliphatic rings. The molecule has 2 aromatic rings. The summed E-state index contributed by atoms with van der Waals surface area (Å²) in [6, 6.07) is 11.9. The van der Waals surface area contributed by atoms with Crippen LogP contribution < -0.4 is 20.9 Å². The number of nitrogens with one attached hydrogen (secondary N) is 3. The largest absolute Gasteiger partial charge is 0.494 e. The second-order valence-corrected chi connectivity index (χ2v) is 9.48. The smallest absolute Gasteiger partial charge is 0.220 e. The molecule has 3 atom stereocenters. The Balaban J connectivity index is 1.11. The number of hydrazine groups is 1. The first-order chi connectivity index (χ1) is 18.0. The molecule has 0 aliphatic carbocycles. The highest BCUT2D eigenvalue weighted by molar-refractivity contribution is 5.89. The van der Waals surface area contributed by atoms with Crippen LogP contribution in [0.2, 0.25) is 0 Å². The van der Waals surface area contributed by atoms with Gasteiger partial charge in [-0.25, -0.2) is 14.2 Å². The fourth-order valence-electron chi connectivity index (χ4n) is 4.83. The first kappa shape index (κ1) is 25.0. The van der Waals surface area contributed by atoms with Crippen molar-refractivity contribution < 1.29 is 18.3 Å². The Kier molecular flexibility index (Phi) is 7.55. The van der Waals surface area contributed by atoms with Crippen LogP contribution in [0.3, 0.4) is 0 Å². The van der Waals surface area contributed by atoms with Gasteiger partial charge in [0.15, 0.2) is 0 Å². The lowest BCUT2D eigenvalue weighted by atomic mass is 9.99. The number of rotatable bonds is 10. The van der Waals surface area contributed by atoms with Gasteiger partial charge in [-0.3, -0.25) is 10.2 Å². The molecular formula is C27H32F2N6O2. The topological polar surface area (TPSA) is 81.2 Å². The molecule has 1 amide bonds. The predicted molar refractivity (Wildman–Crippen MR) is 136 cm³/mol. The van der Waals surface area contributed by atoms with E-state index < -0.39 is 11.6 Å². The number of carbonyl (C=O) groups is 1. The van der Waals surface area contributed by atoms with Crippen LogP contribution in [0.5, 0.6) is 5.75 Å². The minimum absolute atomic E-state index is 0.0118. The number of carbonyl (C=O) groups excluding carboxylic acids is 1. The van der Waals surface area contributed by atoms with E-state index in [-0.39, 0.29) is 42.7 Å². The lowest BCUT2D eigenvalue weighted by Gasteiger charge is -2.37. The Morgan fingerprint density at radius 1 is 1.19 bits per heavy atom. The first-order valence-electron chi connectivity index (χ1n) is 12.8. The van der Waals surface area contributed by atoms with Crippen molar-refractivity contribution in [1.29, 1.82) is 0 Å². The van der Waals surface area contributed by atoms with Crippen molar-refractivity contribution in [3.05, 3.63) is 77.6 Å². The minimum Gasteiger partial charge on any atom is -0.494 e. The first-order valence-corrected chi connectivity index (χ1v) is 12.8. The van der Waals surface area contributed by atoms with Gasteiger partial charge in [0, 0.05) is 43.4 Å². The van der Waals surface area contributed by atoms with E-state index in [1.54, 1.807) is 0 Å². The molecule has 3 aliphatic heterocycles. The van der Waals surface area contributed by atoms with Gasteiger partial charge >= 0.3 is 0 Å². The molecule has 3 N–H and O–H groups in total. The van der Waals surface area contributed by atoms with Gasteiger partial charge in [-0.2, -0.15) is 5.10 Å². The van der Waals surface area contributed by atoms with Crippen molar-refractivity contribution in [2.75, 3.05) is 6.61 Å². The Bertz CT molecular complexity index is 1170. The monoisotopic (exact) mass is 510 g/mol. The summed E-state index contributed by atoms with van der Waals surface area (Å²) in [5.74, 6) is 0.135. The summed E-state index contributed by atoms with van der Waals surface area (Å²) in [6.45, 7) is 2.89. The minimum atomic E-state index is -0.671. The zero-order valence-corrected chi connectivity index (χ0v) is 20.8. The van der Waals surface area contributed by atoms with E-state index in [4.69, 9.17) is 4.74 Å². The normalized spacial score (nSPS) is 21.8. The average Bonchev–Trinajstić information content (AvgIpc) is 3.51. The number of unbranched alkanes of at least 4 members (excludes halogenated alkanes) is 1. The molecule has 196 valence electrons. The number of hydrazone groups is 1. The zero-order chi connectivity index (χ0) is 25.8. The second kappa shape index (κ2) is 11.2. The van der Waals surface area contributed by atoms with E-state index in [0.717, 1.165) is 43.5 Å². The van der Waals surface area contributed by atoms with Crippen LogP contribution in [0, 0.1) is 11.6 Å². The Morgan fingerprint density at radius 2 is 2.03 bits per heavy atom. The highest BCUT2D eigenvalue weighted by Crippen LogP contribution is 2.34. The van der Waals surface area contributed by atoms with Crippen molar-refractivity contribution in [3.8, 4) is 5.75 Å². The van der Waals surface area contributed by atoms with Gasteiger partial charge in [-0.1, -0.05) is 31.5 Å². The van der Waals surface area contributed by atoms with Crippen LogP contribution in [0.25, 0.3) is 0 Å². The molecule has 0 spiro atoms. The number of nitrogens with zero attached hydrogens (tertiary/aromatic N) is 3. The maximum absolute atomic E-state index is 13.8. The van der Waals surface area contributed by atoms with E-state index in [1.807, 2.05) is 24.5 Å². The molecule has 0 aromatic heterocycles. The third-order valence-corrected chi connectivity index (χ3v) is 6.93. The fourth-order valence-corrected chi connectivity index (χ4v) is 4.83. The summed E-state index contributed by atoms with van der Waals surface area (Å²) in [7, 11) is 0. The number of amidine groups is 1. The molecule has 0 saturated carbocycles. The maximum atomic E-state index is 13.8. The number of amides is 1. The highest BCUT2D eigenvalue weighted by atomic mass is 19.1. The van der Waals surface area contributed by atoms with E-state index in [9.17, 15) is 13.6 Å². The van der Waals surface area contributed by atoms with E-state index >= 15 is 0 Å². The Hall–Kier alpha value is -3.66. The van der Waals surface area contributed by atoms with E-state index in [2.05, 4.69) is 50.2 Å². The summed E-state index contributed by atoms with van der Waals surface area (Å²) < 4.78 is 32.6. The molecule has 3 heterocycles. The molecule has 37 heavy (non-hydrogen) atoms. The SMILES string of the molecule is CCCCOc1ccc(C2CC3C4NN=C(CCC(=O)NCc5ccc(F)cc5F)N4C=CN3N2)cc1. The van der Waals surface area contributed by atoms with Crippen molar-refractivity contribution >= 4 is 11.7 Å². The van der Waals surface area contributed by atoms with Gasteiger partial charge < -0.3 is 20.0 Å². The van der Waals surface area contributed by atoms with Gasteiger partial charge in [0.2, 0.25) is 5.91 Å². The number of hydrogen-bond acceptors (Lipinski definition) is 7. The molecule has 3 unspecified atom stereocenters. The molecule has 1 saturated heterocycles. The predicted octanol–water partition coefficient (Wildman–Crippen LogP) is 3.89. The van der Waals surface area contributed by atoms with Crippen molar-refractivity contribution in [3.63, 3.8) is 0 Å². The summed E-state index contributed by atoms with van der Waals surface area (Å²) >= 11 is 0. The number of ether oxygens (including phenoxy) is 1. The second-order valence-electron chi connectivity index (χ2n) is 9.48. The third kappa shape index (κ3) is 5.69. The fraction of sp³-hybridized carbons (Fsp3) is 0.407. The lowest BCUT2D eigenvalue weighted by Crippen LogP contribution is -2.54. The summed E-state index contributed by atoms with van der Waals surface area (Å²) in [5, 5.41) is 9.30. The number of fused-ring (bicyclic) bond motifs is 3. The van der Waals surface area contributed by atoms with Crippen LogP contribution in [0.15, 0.2) is 60.0 Å². The van der Waals surface area contributed by atoms with Crippen molar-refractivity contribution in [2.45, 2.75) is 63.8 Å². The Labute approximate surface area is 215 Å². The van der Waals surface area contributed by atoms with Gasteiger partial charge in [0.1, 0.15) is 29.4 Å². The van der Waals surface area contributed by atoms with Crippen LogP contribution in [-0.2, 0) is 11.3 Å². The van der Waals surface area contributed by atoms with Crippen LogP contribution in [-0.4, -0.2) is 40.5 Å². The summed E-state index contributed by atoms with van der Waals surface area (Å²) in [4.78, 5) is 14.4. The standard InChI is InChI=1S/C27H32F2N6O2/c1-2-3-14-37-21-8-5-18(6-9-21)23-16-24-27-32-31-25(34(27)12-13-35(24)33-23)10-11-26(36)30-17-19-4-7-20(28)15-22(19)29/h4-9,12-13,15,23-24,27,32-33H,2-3,10-11,14,16-17H2,1H3,(H,30,36). The number of halogens is 2. The van der Waals surface area contributed by atoms with E-state index in [0.29, 0.717) is 6.42 Å². The van der Waals surface area contributed by atoms with E-state index in [1.165, 1.54) is 17.7 Å². The average molecular weight is 511 g/mol. The molecule has 5 rings (SSSR count). The molecule has 1 fully saturated rings. The molecule has 0 bridgehead atoms. The molecular weight excluding hydrogens is 478 g/mol. The van der Waals surface area contributed by atoms with Crippen molar-refractivity contribution in [1.82, 2.24) is 26.1 Å². The quantitative estimate of drug-likeness (QED) is 0.421. The van der Waals surface area contributed by atoms with Gasteiger partial charge in [-0.05, 0) is 36.6 Å². The van der Waals surface area contributed by atoms with Crippen molar-refractivity contribution in [2.24, 2.45) is 5.10 Å². The maximum Gasteiger partial charge on any atom is 0.220 e. The van der Waals surface area contributed by atoms with Crippen LogP contribution >= 0.6 is 0 Å². The molecule has 0 radical (unpaired) electrons. The third-order valence-electron chi connectivity index (χ3n) is 6.93. The molecule has 8 nitrogen and oxygen atoms in total. The molecule has 2 aromatic carbocycles. The highest BCUT2D eigenvalue weighted by Gasteiger charge is 2.44. The number of benzene rings is 2. The lowest BCUT2D eigenvalue weighted by molar-refractivity contribution is -0.121. The van der Waals surface area contributed by atoms with Crippen LogP contribution in [0.1, 0.15) is 56.2 Å². The summed E-state index contributed by atoms with van der Waals surface area (Å²) in [5.41, 5.74) is 8.24. The van der Waals surface area contributed by atoms with Crippen LogP contribution in [0.4, 0.5) is 8.78 Å².